The van der Waals surface area contributed by atoms with E-state index >= 15 is 0 Å². The van der Waals surface area contributed by atoms with Gasteiger partial charge in [-0.1, -0.05) is 19.4 Å². The number of H-pyrrole nitrogens is 1. The highest BCUT2D eigenvalue weighted by Crippen LogP contribution is 2.01. The average Bonchev–Trinajstić information content (AvgIpc) is 2.23. The first-order chi connectivity index (χ1) is 7.92. The molecule has 0 aliphatic rings. The Morgan fingerprint density at radius 2 is 2.06 bits per heavy atom. The second kappa shape index (κ2) is 5.97. The third-order valence-corrected chi connectivity index (χ3v) is 3.04. The maximum absolute atomic E-state index is 11.6. The quantitative estimate of drug-likeness (QED) is 0.791. The fourth-order valence-corrected chi connectivity index (χ4v) is 1.82. The Bertz CT molecular complexity index is 520. The van der Waals surface area contributed by atoms with Gasteiger partial charge in [0, 0.05) is 17.8 Å². The molecule has 5 nitrogen and oxygen atoms in total. The molecule has 0 aromatic carbocycles. The Hall–Kier alpha value is -1.14. The predicted octanol–water partition coefficient (Wildman–Crippen LogP) is 0.767. The van der Waals surface area contributed by atoms with Crippen LogP contribution in [0.4, 0.5) is 0 Å². The lowest BCUT2D eigenvalue weighted by molar-refractivity contribution is 0.587. The van der Waals surface area contributed by atoms with Crippen LogP contribution in [0.2, 0.25) is 0 Å². The molecule has 0 saturated carbocycles. The Labute approximate surface area is 101 Å². The number of aryl methyl sites for hydroxylation is 1. The summed E-state index contributed by atoms with van der Waals surface area (Å²) >= 11 is 0. The number of aromatic nitrogens is 1. The summed E-state index contributed by atoms with van der Waals surface area (Å²) in [4.78, 5) is 14.4. The van der Waals surface area contributed by atoms with Gasteiger partial charge in [0.2, 0.25) is 10.0 Å². The van der Waals surface area contributed by atoms with E-state index in [1.165, 1.54) is 0 Å². The number of rotatable bonds is 6. The molecule has 1 heterocycles. The summed E-state index contributed by atoms with van der Waals surface area (Å²) in [6.45, 7) is 2.12. The van der Waals surface area contributed by atoms with Gasteiger partial charge in [0.25, 0.3) is 5.56 Å². The van der Waals surface area contributed by atoms with Crippen molar-refractivity contribution in [1.29, 1.82) is 0 Å². The fourth-order valence-electron chi connectivity index (χ4n) is 1.41. The van der Waals surface area contributed by atoms with Crippen LogP contribution in [-0.2, 0) is 23.0 Å². The van der Waals surface area contributed by atoms with E-state index in [1.54, 1.807) is 6.07 Å². The first-order valence-corrected chi connectivity index (χ1v) is 7.47. The zero-order valence-electron chi connectivity index (χ0n) is 10.1. The molecule has 1 rings (SSSR count). The lowest BCUT2D eigenvalue weighted by Crippen LogP contribution is -2.26. The van der Waals surface area contributed by atoms with Crippen molar-refractivity contribution in [2.24, 2.45) is 0 Å². The molecule has 1 aromatic heterocycles. The molecule has 0 aliphatic heterocycles. The smallest absolute Gasteiger partial charge is 0.252 e. The van der Waals surface area contributed by atoms with Crippen LogP contribution in [0.1, 0.15) is 31.0 Å². The molecule has 0 bridgehead atoms. The molecule has 0 spiro atoms. The summed E-state index contributed by atoms with van der Waals surface area (Å²) in [6, 6.07) is 3.50. The lowest BCUT2D eigenvalue weighted by Gasteiger charge is -2.04. The molecule has 6 heteroatoms. The number of aromatic amines is 1. The van der Waals surface area contributed by atoms with Gasteiger partial charge in [0.15, 0.2) is 0 Å². The Balaban J connectivity index is 2.73. The van der Waals surface area contributed by atoms with Gasteiger partial charge in [-0.25, -0.2) is 13.1 Å². The van der Waals surface area contributed by atoms with Crippen molar-refractivity contribution in [2.75, 3.05) is 6.26 Å². The van der Waals surface area contributed by atoms with Gasteiger partial charge in [0.1, 0.15) is 0 Å². The van der Waals surface area contributed by atoms with E-state index in [-0.39, 0.29) is 12.1 Å². The van der Waals surface area contributed by atoms with Gasteiger partial charge < -0.3 is 4.98 Å². The maximum atomic E-state index is 11.6. The topological polar surface area (TPSA) is 79.0 Å². The summed E-state index contributed by atoms with van der Waals surface area (Å²) in [6.07, 6.45) is 4.00. The van der Waals surface area contributed by atoms with Gasteiger partial charge in [0.05, 0.1) is 6.26 Å². The third kappa shape index (κ3) is 5.14. The number of hydrogen-bond acceptors (Lipinski definition) is 3. The molecule has 0 aliphatic carbocycles. The standard InChI is InChI=1S/C11H18N2O3S/c1-3-4-5-10-7-6-9(11(14)13-10)8-12-17(2,15)16/h6-7,12H,3-5,8H2,1-2H3,(H,13,14). The van der Waals surface area contributed by atoms with Crippen molar-refractivity contribution < 1.29 is 8.42 Å². The molecule has 96 valence electrons. The minimum atomic E-state index is -3.27. The molecule has 0 amide bonds. The van der Waals surface area contributed by atoms with Gasteiger partial charge >= 0.3 is 0 Å². The summed E-state index contributed by atoms with van der Waals surface area (Å²) in [5.41, 5.74) is 1.09. The summed E-state index contributed by atoms with van der Waals surface area (Å²) in [5, 5.41) is 0. The zero-order chi connectivity index (χ0) is 12.9. The number of unbranched alkanes of at least 4 members (excludes halogenated alkanes) is 1. The highest BCUT2D eigenvalue weighted by molar-refractivity contribution is 7.88. The first-order valence-electron chi connectivity index (χ1n) is 5.58. The third-order valence-electron chi connectivity index (χ3n) is 2.38. The highest BCUT2D eigenvalue weighted by Gasteiger charge is 2.05. The summed E-state index contributed by atoms with van der Waals surface area (Å²) in [5.74, 6) is 0. The molecule has 0 radical (unpaired) electrons. The SMILES string of the molecule is CCCCc1ccc(CNS(C)(=O)=O)c(=O)[nH]1. The molecular formula is C11H18N2O3S. The number of sulfonamides is 1. The van der Waals surface area contributed by atoms with Crippen molar-refractivity contribution in [3.63, 3.8) is 0 Å². The Kier molecular flexibility index (Phi) is 4.89. The molecule has 0 fully saturated rings. The van der Waals surface area contributed by atoms with E-state index in [4.69, 9.17) is 0 Å². The van der Waals surface area contributed by atoms with Crippen molar-refractivity contribution in [1.82, 2.24) is 9.71 Å². The minimum Gasteiger partial charge on any atom is -0.326 e. The Morgan fingerprint density at radius 1 is 1.35 bits per heavy atom. The fraction of sp³-hybridized carbons (Fsp3) is 0.545. The monoisotopic (exact) mass is 258 g/mol. The van der Waals surface area contributed by atoms with Gasteiger partial charge in [-0.15, -0.1) is 0 Å². The van der Waals surface area contributed by atoms with Gasteiger partial charge in [-0.05, 0) is 18.9 Å². The molecule has 0 atom stereocenters. The predicted molar refractivity (Wildman–Crippen MR) is 67.4 cm³/mol. The number of hydrogen-bond donors (Lipinski definition) is 2. The van der Waals surface area contributed by atoms with E-state index in [0.29, 0.717) is 5.56 Å². The van der Waals surface area contributed by atoms with Crippen LogP contribution in [0.25, 0.3) is 0 Å². The average molecular weight is 258 g/mol. The van der Waals surface area contributed by atoms with E-state index in [0.717, 1.165) is 31.2 Å². The van der Waals surface area contributed by atoms with Crippen molar-refractivity contribution in [3.05, 3.63) is 33.7 Å². The van der Waals surface area contributed by atoms with Crippen LogP contribution in [0.15, 0.2) is 16.9 Å². The molecular weight excluding hydrogens is 240 g/mol. The minimum absolute atomic E-state index is 0.0300. The van der Waals surface area contributed by atoms with Gasteiger partial charge in [-0.3, -0.25) is 4.79 Å². The highest BCUT2D eigenvalue weighted by atomic mass is 32.2. The van der Waals surface area contributed by atoms with E-state index in [9.17, 15) is 13.2 Å². The second-order valence-corrected chi connectivity index (χ2v) is 5.87. The molecule has 0 unspecified atom stereocenters. The van der Waals surface area contributed by atoms with Crippen LogP contribution in [0.5, 0.6) is 0 Å². The molecule has 1 aromatic rings. The van der Waals surface area contributed by atoms with Crippen LogP contribution in [0.3, 0.4) is 0 Å². The molecule has 2 N–H and O–H groups in total. The first kappa shape index (κ1) is 13.9. The summed E-state index contributed by atoms with van der Waals surface area (Å²) < 4.78 is 24.1. The second-order valence-electron chi connectivity index (χ2n) is 4.03. The maximum Gasteiger partial charge on any atom is 0.252 e. The van der Waals surface area contributed by atoms with Crippen molar-refractivity contribution in [2.45, 2.75) is 32.7 Å². The molecule has 0 saturated heterocycles. The van der Waals surface area contributed by atoms with E-state index in [2.05, 4.69) is 16.6 Å². The van der Waals surface area contributed by atoms with Gasteiger partial charge in [-0.2, -0.15) is 0 Å². The number of nitrogens with one attached hydrogen (secondary N) is 2. The summed E-state index contributed by atoms with van der Waals surface area (Å²) in [7, 11) is -3.27. The van der Waals surface area contributed by atoms with E-state index in [1.807, 2.05) is 6.07 Å². The van der Waals surface area contributed by atoms with Crippen molar-refractivity contribution >= 4 is 10.0 Å². The Morgan fingerprint density at radius 3 is 2.59 bits per heavy atom. The lowest BCUT2D eigenvalue weighted by atomic mass is 10.1. The zero-order valence-corrected chi connectivity index (χ0v) is 10.9. The van der Waals surface area contributed by atoms with Crippen molar-refractivity contribution in [3.8, 4) is 0 Å². The van der Waals surface area contributed by atoms with Crippen LogP contribution in [-0.4, -0.2) is 19.7 Å². The number of pyridine rings is 1. The largest absolute Gasteiger partial charge is 0.326 e. The van der Waals surface area contributed by atoms with Crippen LogP contribution >= 0.6 is 0 Å². The van der Waals surface area contributed by atoms with Crippen LogP contribution < -0.4 is 10.3 Å². The normalized spacial score (nSPS) is 11.6. The molecule has 17 heavy (non-hydrogen) atoms. The van der Waals surface area contributed by atoms with E-state index < -0.39 is 10.0 Å². The van der Waals surface area contributed by atoms with Crippen LogP contribution in [0, 0.1) is 0 Å².